The molecule has 0 radical (unpaired) electrons. The number of carbonyl (C=O) groups excluding carboxylic acids is 1. The summed E-state index contributed by atoms with van der Waals surface area (Å²) < 4.78 is 5.30. The molecule has 19 heavy (non-hydrogen) atoms. The first-order chi connectivity index (χ1) is 8.81. The number of benzene rings is 1. The molecule has 1 atom stereocenters. The summed E-state index contributed by atoms with van der Waals surface area (Å²) in [5.41, 5.74) is 1.36. The van der Waals surface area contributed by atoms with E-state index in [4.69, 9.17) is 9.94 Å². The third-order valence-corrected chi connectivity index (χ3v) is 2.58. The second kappa shape index (κ2) is 6.36. The summed E-state index contributed by atoms with van der Waals surface area (Å²) in [6, 6.07) is 7.56. The van der Waals surface area contributed by atoms with Crippen LogP contribution in [0.3, 0.4) is 0 Å². The summed E-state index contributed by atoms with van der Waals surface area (Å²) in [6.45, 7) is 7.54. The molecule has 1 unspecified atom stereocenters. The van der Waals surface area contributed by atoms with Crippen LogP contribution < -0.4 is 0 Å². The van der Waals surface area contributed by atoms with Gasteiger partial charge in [0.1, 0.15) is 5.60 Å². The summed E-state index contributed by atoms with van der Waals surface area (Å²) in [4.78, 5) is 11.8. The summed E-state index contributed by atoms with van der Waals surface area (Å²) in [6.07, 6.45) is 1.70. The van der Waals surface area contributed by atoms with E-state index in [2.05, 4.69) is 5.16 Å². The molecule has 104 valence electrons. The molecular formula is C15H21NO3. The average Bonchev–Trinajstić information content (AvgIpc) is 2.27. The third-order valence-electron chi connectivity index (χ3n) is 2.58. The highest BCUT2D eigenvalue weighted by atomic mass is 16.6. The predicted octanol–water partition coefficient (Wildman–Crippen LogP) is 3.33. The molecule has 0 fully saturated rings. The average molecular weight is 263 g/mol. The highest BCUT2D eigenvalue weighted by molar-refractivity contribution is 5.79. The van der Waals surface area contributed by atoms with Gasteiger partial charge in [-0.15, -0.1) is 0 Å². The monoisotopic (exact) mass is 263 g/mol. The zero-order valence-corrected chi connectivity index (χ0v) is 11.9. The van der Waals surface area contributed by atoms with Crippen LogP contribution in [0.15, 0.2) is 29.4 Å². The molecule has 0 saturated heterocycles. The van der Waals surface area contributed by atoms with Crippen molar-refractivity contribution in [1.82, 2.24) is 0 Å². The quantitative estimate of drug-likeness (QED) is 0.392. The minimum absolute atomic E-state index is 0.0573. The van der Waals surface area contributed by atoms with E-state index >= 15 is 0 Å². The van der Waals surface area contributed by atoms with Gasteiger partial charge in [-0.25, -0.2) is 0 Å². The Morgan fingerprint density at radius 3 is 2.74 bits per heavy atom. The molecule has 0 aliphatic carbocycles. The molecule has 0 heterocycles. The molecule has 0 aromatic heterocycles. The maximum atomic E-state index is 11.8. The standard InChI is InChI=1S/C15H21NO3/c1-11(8-14(17)19-15(2,3)4)13-7-5-6-12(9-13)10-16-18/h5-7,9-11,18H,8H2,1-4H3. The van der Waals surface area contributed by atoms with Crippen molar-refractivity contribution in [3.8, 4) is 0 Å². The van der Waals surface area contributed by atoms with E-state index in [1.54, 1.807) is 0 Å². The summed E-state index contributed by atoms with van der Waals surface area (Å²) in [5, 5.41) is 11.5. The smallest absolute Gasteiger partial charge is 0.306 e. The molecule has 0 amide bonds. The van der Waals surface area contributed by atoms with Gasteiger partial charge in [0.2, 0.25) is 0 Å². The Morgan fingerprint density at radius 1 is 1.47 bits per heavy atom. The Balaban J connectivity index is 2.70. The number of ether oxygens (including phenoxy) is 1. The molecule has 0 spiro atoms. The van der Waals surface area contributed by atoms with Crippen molar-refractivity contribution in [2.24, 2.45) is 5.16 Å². The van der Waals surface area contributed by atoms with Gasteiger partial charge in [0.05, 0.1) is 12.6 Å². The maximum absolute atomic E-state index is 11.8. The van der Waals surface area contributed by atoms with E-state index in [1.807, 2.05) is 52.0 Å². The van der Waals surface area contributed by atoms with Gasteiger partial charge >= 0.3 is 5.97 Å². The molecular weight excluding hydrogens is 242 g/mol. The number of nitrogens with zero attached hydrogens (tertiary/aromatic N) is 1. The number of hydrogen-bond acceptors (Lipinski definition) is 4. The van der Waals surface area contributed by atoms with E-state index in [-0.39, 0.29) is 11.9 Å². The Hall–Kier alpha value is -1.84. The van der Waals surface area contributed by atoms with Gasteiger partial charge in [0, 0.05) is 0 Å². The molecule has 0 bridgehead atoms. The number of rotatable bonds is 4. The first-order valence-corrected chi connectivity index (χ1v) is 6.31. The SMILES string of the molecule is CC(CC(=O)OC(C)(C)C)c1cccc(C=NO)c1. The third kappa shape index (κ3) is 5.55. The van der Waals surface area contributed by atoms with E-state index in [0.717, 1.165) is 11.1 Å². The number of carbonyl (C=O) groups is 1. The number of oxime groups is 1. The van der Waals surface area contributed by atoms with Gasteiger partial charge in [0.25, 0.3) is 0 Å². The largest absolute Gasteiger partial charge is 0.460 e. The predicted molar refractivity (Wildman–Crippen MR) is 74.7 cm³/mol. The molecule has 0 saturated carbocycles. The lowest BCUT2D eigenvalue weighted by Crippen LogP contribution is -2.24. The Labute approximate surface area is 114 Å². The zero-order valence-electron chi connectivity index (χ0n) is 11.9. The highest BCUT2D eigenvalue weighted by Gasteiger charge is 2.19. The van der Waals surface area contributed by atoms with Crippen LogP contribution in [0.5, 0.6) is 0 Å². The number of esters is 1. The molecule has 0 aliphatic rings. The summed E-state index contributed by atoms with van der Waals surface area (Å²) >= 11 is 0. The van der Waals surface area contributed by atoms with Crippen LogP contribution in [-0.2, 0) is 9.53 Å². The van der Waals surface area contributed by atoms with Crippen LogP contribution in [0.25, 0.3) is 0 Å². The Bertz CT molecular complexity index is 461. The van der Waals surface area contributed by atoms with Gasteiger partial charge in [-0.05, 0) is 43.9 Å². The van der Waals surface area contributed by atoms with Gasteiger partial charge < -0.3 is 9.94 Å². The fraction of sp³-hybridized carbons (Fsp3) is 0.467. The minimum Gasteiger partial charge on any atom is -0.460 e. The van der Waals surface area contributed by atoms with Crippen molar-refractivity contribution < 1.29 is 14.7 Å². The Kier molecular flexibility index (Phi) is 5.10. The fourth-order valence-electron chi connectivity index (χ4n) is 1.76. The number of hydrogen-bond donors (Lipinski definition) is 1. The van der Waals surface area contributed by atoms with Crippen molar-refractivity contribution in [1.29, 1.82) is 0 Å². The van der Waals surface area contributed by atoms with Gasteiger partial charge in [0.15, 0.2) is 0 Å². The van der Waals surface area contributed by atoms with Crippen LogP contribution >= 0.6 is 0 Å². The lowest BCUT2D eigenvalue weighted by atomic mass is 9.96. The lowest BCUT2D eigenvalue weighted by Gasteiger charge is -2.21. The summed E-state index contributed by atoms with van der Waals surface area (Å²) in [7, 11) is 0. The van der Waals surface area contributed by atoms with E-state index in [9.17, 15) is 4.79 Å². The van der Waals surface area contributed by atoms with Gasteiger partial charge in [-0.1, -0.05) is 30.3 Å². The normalized spacial score (nSPS) is 13.5. The first kappa shape index (κ1) is 15.2. The summed E-state index contributed by atoms with van der Waals surface area (Å²) in [5.74, 6) is -0.150. The van der Waals surface area contributed by atoms with Gasteiger partial charge in [-0.2, -0.15) is 0 Å². The van der Waals surface area contributed by atoms with E-state index < -0.39 is 5.60 Å². The van der Waals surface area contributed by atoms with Crippen LogP contribution in [0.2, 0.25) is 0 Å². The van der Waals surface area contributed by atoms with Crippen LogP contribution in [-0.4, -0.2) is 23.0 Å². The highest BCUT2D eigenvalue weighted by Crippen LogP contribution is 2.21. The van der Waals surface area contributed by atoms with Crippen LogP contribution in [0, 0.1) is 0 Å². The molecule has 4 nitrogen and oxygen atoms in total. The van der Waals surface area contributed by atoms with Crippen molar-refractivity contribution in [2.45, 2.75) is 45.6 Å². The van der Waals surface area contributed by atoms with Gasteiger partial charge in [-0.3, -0.25) is 4.79 Å². The molecule has 1 aromatic carbocycles. The molecule has 0 aliphatic heterocycles. The van der Waals surface area contributed by atoms with E-state index in [1.165, 1.54) is 6.21 Å². The van der Waals surface area contributed by atoms with Crippen molar-refractivity contribution >= 4 is 12.2 Å². The molecule has 1 rings (SSSR count). The zero-order chi connectivity index (χ0) is 14.5. The second-order valence-corrected chi connectivity index (χ2v) is 5.61. The fourth-order valence-corrected chi connectivity index (χ4v) is 1.76. The minimum atomic E-state index is -0.456. The lowest BCUT2D eigenvalue weighted by molar-refractivity contribution is -0.155. The molecule has 1 aromatic rings. The molecule has 4 heteroatoms. The van der Waals surface area contributed by atoms with Crippen LogP contribution in [0.1, 0.15) is 51.2 Å². The Morgan fingerprint density at radius 2 is 2.16 bits per heavy atom. The second-order valence-electron chi connectivity index (χ2n) is 5.61. The van der Waals surface area contributed by atoms with Crippen molar-refractivity contribution in [3.63, 3.8) is 0 Å². The first-order valence-electron chi connectivity index (χ1n) is 6.31. The van der Waals surface area contributed by atoms with Crippen LogP contribution in [0.4, 0.5) is 0 Å². The topological polar surface area (TPSA) is 58.9 Å². The van der Waals surface area contributed by atoms with Crippen molar-refractivity contribution in [2.75, 3.05) is 0 Å². The molecule has 1 N–H and O–H groups in total. The maximum Gasteiger partial charge on any atom is 0.306 e. The van der Waals surface area contributed by atoms with Crippen molar-refractivity contribution in [3.05, 3.63) is 35.4 Å². The van der Waals surface area contributed by atoms with E-state index in [0.29, 0.717) is 6.42 Å².